The van der Waals surface area contributed by atoms with Gasteiger partial charge in [-0.05, 0) is 177 Å². The van der Waals surface area contributed by atoms with Crippen molar-refractivity contribution in [3.63, 3.8) is 0 Å². The van der Waals surface area contributed by atoms with Crippen LogP contribution in [0.1, 0.15) is 78.1 Å². The van der Waals surface area contributed by atoms with Crippen LogP contribution in [0.5, 0.6) is 0 Å². The number of allylic oxidation sites excluding steroid dienone is 1. The van der Waals surface area contributed by atoms with Gasteiger partial charge in [0.1, 0.15) is 29.1 Å². The summed E-state index contributed by atoms with van der Waals surface area (Å²) in [6.07, 6.45) is 28.6. The number of nitrogens with one attached hydrogen (secondary N) is 1. The highest BCUT2D eigenvalue weighted by atomic mass is 35.5. The number of amides is 1. The Morgan fingerprint density at radius 2 is 1.03 bits per heavy atom. The first kappa shape index (κ1) is 68.1. The SMILES string of the molecule is Clc1ccc(-n2c(CCCn3cccc3)nc3ccncc32)cc1.Clc1ccc(-n2c(Cc3ccccc3)nc3ccncc32)cc1.O=C(NCC1CCOCC1)c1nc2ccncc2n1-c1ccc(F)cc1.O=C1C=C(N2CCC(c3nc4ccncc4n3-c3ccc(Cl)cc3)CC2)N=CC1. The Hall–Kier alpha value is -11.0. The maximum absolute atomic E-state index is 13.3. The van der Waals surface area contributed by atoms with Gasteiger partial charge in [-0.2, -0.15) is 0 Å². The number of imidazole rings is 4. The first-order chi connectivity index (χ1) is 50.0. The molecule has 2 fully saturated rings. The Kier molecular flexibility index (Phi) is 21.4. The van der Waals surface area contributed by atoms with Crippen LogP contribution in [0.4, 0.5) is 4.39 Å². The number of ether oxygens (including phenoxy) is 1. The molecule has 512 valence electrons. The Balaban J connectivity index is 0.000000116. The summed E-state index contributed by atoms with van der Waals surface area (Å²) in [5.74, 6) is 4.41. The summed E-state index contributed by atoms with van der Waals surface area (Å²) in [7, 11) is 0. The second-order valence-electron chi connectivity index (χ2n) is 24.9. The van der Waals surface area contributed by atoms with Crippen molar-refractivity contribution in [3.8, 4) is 22.7 Å². The fourth-order valence-electron chi connectivity index (χ4n) is 13.0. The number of aryl methyl sites for hydroxylation is 2. The van der Waals surface area contributed by atoms with Crippen LogP contribution in [-0.2, 0) is 28.9 Å². The van der Waals surface area contributed by atoms with Crippen LogP contribution in [0.3, 0.4) is 0 Å². The third kappa shape index (κ3) is 16.1. The molecular weight excluding hydrogens is 1350 g/mol. The molecule has 0 unspecified atom stereocenters. The second kappa shape index (κ2) is 32.1. The average Bonchev–Trinajstić information content (AvgIpc) is 1.64. The van der Waals surface area contributed by atoms with E-state index in [0.29, 0.717) is 46.5 Å². The maximum atomic E-state index is 13.3. The molecule has 12 heterocycles. The smallest absolute Gasteiger partial charge is 0.287 e. The Morgan fingerprint density at radius 3 is 1.60 bits per heavy atom. The van der Waals surface area contributed by atoms with Gasteiger partial charge in [-0.1, -0.05) is 65.1 Å². The maximum Gasteiger partial charge on any atom is 0.287 e. The predicted octanol–water partition coefficient (Wildman–Crippen LogP) is 16.0. The van der Waals surface area contributed by atoms with Crippen molar-refractivity contribution < 1.29 is 18.7 Å². The van der Waals surface area contributed by atoms with Crippen LogP contribution < -0.4 is 5.32 Å². The fraction of sp³-hybridized carbons (Fsp3) is 0.203. The number of pyridine rings is 4. The molecule has 17 rings (SSSR count). The zero-order valence-electron chi connectivity index (χ0n) is 55.5. The van der Waals surface area contributed by atoms with E-state index in [9.17, 15) is 14.0 Å². The Morgan fingerprint density at radius 1 is 0.539 bits per heavy atom. The van der Waals surface area contributed by atoms with Crippen LogP contribution in [0.25, 0.3) is 66.9 Å². The van der Waals surface area contributed by atoms with Crippen molar-refractivity contribution in [2.75, 3.05) is 32.8 Å². The van der Waals surface area contributed by atoms with Gasteiger partial charge in [-0.25, -0.2) is 29.3 Å². The van der Waals surface area contributed by atoms with Gasteiger partial charge in [0.05, 0.1) is 68.9 Å². The summed E-state index contributed by atoms with van der Waals surface area (Å²) in [4.78, 5) is 67.1. The van der Waals surface area contributed by atoms with Gasteiger partial charge in [0.2, 0.25) is 5.82 Å². The van der Waals surface area contributed by atoms with Gasteiger partial charge >= 0.3 is 0 Å². The van der Waals surface area contributed by atoms with Gasteiger partial charge in [0.15, 0.2) is 5.78 Å². The molecule has 9 aromatic heterocycles. The number of aromatic nitrogens is 13. The summed E-state index contributed by atoms with van der Waals surface area (Å²) < 4.78 is 29.1. The number of halogens is 4. The van der Waals surface area contributed by atoms with Crippen LogP contribution >= 0.6 is 34.8 Å². The van der Waals surface area contributed by atoms with Gasteiger partial charge in [-0.15, -0.1) is 0 Å². The van der Waals surface area contributed by atoms with Crippen LogP contribution in [0.2, 0.25) is 15.1 Å². The van der Waals surface area contributed by atoms with Crippen LogP contribution in [-0.4, -0.2) is 118 Å². The Labute approximate surface area is 602 Å². The normalized spacial score (nSPS) is 14.1. The topological polar surface area (TPSA) is 199 Å². The summed E-state index contributed by atoms with van der Waals surface area (Å²) in [5.41, 5.74) is 12.3. The zero-order valence-corrected chi connectivity index (χ0v) is 57.8. The van der Waals surface area contributed by atoms with Gasteiger partial charge in [0.25, 0.3) is 5.91 Å². The fourth-order valence-corrected chi connectivity index (χ4v) is 13.4. The van der Waals surface area contributed by atoms with E-state index in [1.54, 1.807) is 66.0 Å². The number of nitrogens with zero attached hydrogens (tertiary/aromatic N) is 15. The van der Waals surface area contributed by atoms with Gasteiger partial charge < -0.3 is 19.5 Å². The van der Waals surface area contributed by atoms with Crippen molar-refractivity contribution in [1.29, 1.82) is 0 Å². The third-order valence-corrected chi connectivity index (χ3v) is 18.9. The summed E-state index contributed by atoms with van der Waals surface area (Å²) >= 11 is 18.2. The first-order valence-electron chi connectivity index (χ1n) is 33.9. The molecule has 0 bridgehead atoms. The number of piperidine rings is 1. The minimum absolute atomic E-state index is 0.120. The standard InChI is InChI=1S/C22H20ClN5O.C19H17ClN4.C19H14ClN3.C19H19FN4O2/c23-16-1-3-17(4-2-16)28-20-14-24-9-6-19(20)26-22(28)15-7-11-27(12-8-15)21-13-18(29)5-10-25-21;20-15-5-7-16(8-6-15)24-18-14-21-10-9-17(18)22-19(24)4-3-13-23-11-1-2-12-23;20-15-6-8-16(9-7-15)23-18-13-21-11-10-17(18)22-19(23)12-14-4-2-1-3-5-14;20-14-1-3-15(4-2-14)24-17-12-21-8-5-16(17)23-18(24)19(25)22-11-13-6-9-26-10-7-13/h1-4,6,9-10,13-15H,5,7-8,11-12H2;1-2,5-12,14H,3-4,13H2;1-11,13H,12H2;1-5,8,12-13H,6-7,9-11H2,(H,22,25). The van der Waals surface area contributed by atoms with Gasteiger partial charge in [0, 0.05) is 152 Å². The number of hydrogen-bond donors (Lipinski definition) is 1. The monoisotopic (exact) mass is 1410 g/mol. The van der Waals surface area contributed by atoms with Crippen molar-refractivity contribution in [1.82, 2.24) is 72.9 Å². The number of aliphatic imine (C=N–C) groups is 1. The van der Waals surface area contributed by atoms with Crippen molar-refractivity contribution in [2.45, 2.75) is 63.8 Å². The van der Waals surface area contributed by atoms with E-state index in [1.807, 2.05) is 128 Å². The lowest BCUT2D eigenvalue weighted by molar-refractivity contribution is -0.113. The minimum Gasteiger partial charge on any atom is -0.381 e. The van der Waals surface area contributed by atoms with E-state index >= 15 is 0 Å². The van der Waals surface area contributed by atoms with E-state index < -0.39 is 0 Å². The Bertz CT molecular complexity index is 5240. The summed E-state index contributed by atoms with van der Waals surface area (Å²) in [5, 5.41) is 5.14. The number of likely N-dealkylation sites (tertiary alicyclic amines) is 1. The molecule has 1 amide bonds. The van der Waals surface area contributed by atoms with E-state index in [0.717, 1.165) is 161 Å². The quantitative estimate of drug-likeness (QED) is 0.102. The number of hydrogen-bond acceptors (Lipinski definition) is 13. The van der Waals surface area contributed by atoms with Crippen LogP contribution in [0, 0.1) is 11.7 Å². The molecule has 0 saturated carbocycles. The molecule has 0 atom stereocenters. The summed E-state index contributed by atoms with van der Waals surface area (Å²) in [6, 6.07) is 51.5. The number of ketones is 1. The van der Waals surface area contributed by atoms with E-state index in [1.165, 1.54) is 17.7 Å². The predicted molar refractivity (Wildman–Crippen MR) is 398 cm³/mol. The number of carbonyl (C=O) groups is 2. The van der Waals surface area contributed by atoms with Gasteiger partial charge in [-0.3, -0.25) is 47.8 Å². The average molecular weight is 1420 g/mol. The molecule has 14 aromatic rings. The van der Waals surface area contributed by atoms with Crippen molar-refractivity contribution >= 4 is 96.8 Å². The van der Waals surface area contributed by atoms with Crippen molar-refractivity contribution in [2.24, 2.45) is 10.9 Å². The largest absolute Gasteiger partial charge is 0.381 e. The first-order valence-corrected chi connectivity index (χ1v) is 35.0. The molecule has 3 aliphatic heterocycles. The highest BCUT2D eigenvalue weighted by molar-refractivity contribution is 6.31. The number of benzene rings is 5. The molecule has 102 heavy (non-hydrogen) atoms. The van der Waals surface area contributed by atoms with E-state index in [4.69, 9.17) is 54.5 Å². The number of rotatable bonds is 15. The molecule has 0 aliphatic carbocycles. The molecule has 1 N–H and O–H groups in total. The molecule has 5 aromatic carbocycles. The minimum atomic E-state index is -0.332. The molecule has 0 radical (unpaired) electrons. The van der Waals surface area contributed by atoms with E-state index in [-0.39, 0.29) is 23.3 Å². The molecular formula is C79H70Cl3FN16O3. The molecule has 2 saturated heterocycles. The van der Waals surface area contributed by atoms with Crippen molar-refractivity contribution in [3.05, 3.63) is 287 Å². The lowest BCUT2D eigenvalue weighted by atomic mass is 9.95. The molecule has 3 aliphatic rings. The summed E-state index contributed by atoms with van der Waals surface area (Å²) in [6.45, 7) is 4.75. The lowest BCUT2D eigenvalue weighted by Gasteiger charge is -2.33. The molecule has 23 heteroatoms. The third-order valence-electron chi connectivity index (χ3n) is 18.1. The second-order valence-corrected chi connectivity index (χ2v) is 26.2. The van der Waals surface area contributed by atoms with E-state index in [2.05, 4.69) is 95.1 Å². The number of carbonyl (C=O) groups excluding carboxylic acids is 2. The molecule has 0 spiro atoms. The lowest BCUT2D eigenvalue weighted by Crippen LogP contribution is -2.33. The number of fused-ring (bicyclic) bond motifs is 4. The zero-order chi connectivity index (χ0) is 69.7. The molecule has 19 nitrogen and oxygen atoms in total. The van der Waals surface area contributed by atoms with Crippen LogP contribution in [0.15, 0.2) is 243 Å². The highest BCUT2D eigenvalue weighted by Crippen LogP contribution is 2.35. The highest BCUT2D eigenvalue weighted by Gasteiger charge is 2.29.